The lowest BCUT2D eigenvalue weighted by Crippen LogP contribution is -2.34. The number of thioether (sulfide) groups is 1. The summed E-state index contributed by atoms with van der Waals surface area (Å²) in [4.78, 5) is 18.3. The summed E-state index contributed by atoms with van der Waals surface area (Å²) in [5.74, 6) is -0.260. The van der Waals surface area contributed by atoms with Crippen LogP contribution in [0.1, 0.15) is 16.7 Å². The fraction of sp³-hybridized carbons (Fsp3) is 0.263. The predicted octanol–water partition coefficient (Wildman–Crippen LogP) is 4.52. The number of halogens is 4. The molecular formula is C19H16F4N2OS. The molecule has 1 aliphatic heterocycles. The minimum atomic E-state index is -4.39. The van der Waals surface area contributed by atoms with Gasteiger partial charge >= 0.3 is 6.18 Å². The number of amides is 1. The second-order valence-electron chi connectivity index (χ2n) is 6.00. The van der Waals surface area contributed by atoms with E-state index in [1.54, 1.807) is 18.2 Å². The van der Waals surface area contributed by atoms with Gasteiger partial charge in [0.15, 0.2) is 5.17 Å². The molecule has 0 aromatic heterocycles. The van der Waals surface area contributed by atoms with E-state index in [-0.39, 0.29) is 23.9 Å². The highest BCUT2D eigenvalue weighted by Crippen LogP contribution is 2.30. The molecule has 0 saturated carbocycles. The van der Waals surface area contributed by atoms with Crippen LogP contribution in [0.2, 0.25) is 0 Å². The maximum Gasteiger partial charge on any atom is 0.416 e. The smallest absolute Gasteiger partial charge is 0.289 e. The van der Waals surface area contributed by atoms with E-state index in [2.05, 4.69) is 4.99 Å². The molecule has 8 heteroatoms. The Morgan fingerprint density at radius 2 is 1.85 bits per heavy atom. The van der Waals surface area contributed by atoms with Gasteiger partial charge in [-0.25, -0.2) is 4.39 Å². The van der Waals surface area contributed by atoms with E-state index >= 15 is 0 Å². The Balaban J connectivity index is 1.61. The molecule has 0 radical (unpaired) electrons. The number of hydrogen-bond donors (Lipinski definition) is 0. The Bertz CT molecular complexity index is 850. The molecule has 0 atom stereocenters. The van der Waals surface area contributed by atoms with Gasteiger partial charge in [-0.15, -0.1) is 0 Å². The van der Waals surface area contributed by atoms with Crippen molar-refractivity contribution in [2.45, 2.75) is 18.3 Å². The van der Waals surface area contributed by atoms with Crippen molar-refractivity contribution >= 4 is 22.8 Å². The van der Waals surface area contributed by atoms with Gasteiger partial charge in [-0.2, -0.15) is 13.2 Å². The number of nitrogens with zero attached hydrogens (tertiary/aromatic N) is 2. The van der Waals surface area contributed by atoms with E-state index < -0.39 is 11.7 Å². The zero-order valence-corrected chi connectivity index (χ0v) is 15.0. The van der Waals surface area contributed by atoms with Crippen LogP contribution >= 0.6 is 11.8 Å². The van der Waals surface area contributed by atoms with Crippen LogP contribution in [-0.4, -0.2) is 29.1 Å². The van der Waals surface area contributed by atoms with Crippen molar-refractivity contribution in [1.82, 2.24) is 4.90 Å². The third-order valence-corrected chi connectivity index (χ3v) is 5.08. The van der Waals surface area contributed by atoms with E-state index in [1.165, 1.54) is 34.9 Å². The molecule has 0 N–H and O–H groups in total. The predicted molar refractivity (Wildman–Crippen MR) is 96.9 cm³/mol. The molecule has 0 fully saturated rings. The highest BCUT2D eigenvalue weighted by molar-refractivity contribution is 8.13. The summed E-state index contributed by atoms with van der Waals surface area (Å²) in [6, 6.07) is 10.8. The molecule has 27 heavy (non-hydrogen) atoms. The van der Waals surface area contributed by atoms with Gasteiger partial charge in [-0.05, 0) is 29.3 Å². The summed E-state index contributed by atoms with van der Waals surface area (Å²) in [6.07, 6.45) is -4.27. The molecule has 1 aliphatic rings. The van der Waals surface area contributed by atoms with E-state index in [0.717, 1.165) is 12.1 Å². The third kappa shape index (κ3) is 5.09. The molecule has 3 nitrogen and oxygen atoms in total. The average Bonchev–Trinajstić information content (AvgIpc) is 3.10. The summed E-state index contributed by atoms with van der Waals surface area (Å²) in [5.41, 5.74) is 0.504. The maximum absolute atomic E-state index is 13.0. The Labute approximate surface area is 158 Å². The zero-order valence-electron chi connectivity index (χ0n) is 14.2. The van der Waals surface area contributed by atoms with E-state index in [1.807, 2.05) is 0 Å². The largest absolute Gasteiger partial charge is 0.416 e. The number of aliphatic imine (C=N–C) groups is 1. The van der Waals surface area contributed by atoms with Crippen molar-refractivity contribution < 1.29 is 22.4 Å². The van der Waals surface area contributed by atoms with Crippen molar-refractivity contribution in [2.75, 3.05) is 13.1 Å². The van der Waals surface area contributed by atoms with Crippen LogP contribution in [0.15, 0.2) is 53.5 Å². The van der Waals surface area contributed by atoms with Gasteiger partial charge in [0, 0.05) is 12.3 Å². The first-order valence-electron chi connectivity index (χ1n) is 8.21. The van der Waals surface area contributed by atoms with Gasteiger partial charge in [0.25, 0.3) is 0 Å². The Kier molecular flexibility index (Phi) is 5.84. The van der Waals surface area contributed by atoms with Gasteiger partial charge in [0.1, 0.15) is 5.82 Å². The standard InChI is InChI=1S/C19H16F4N2OS/c20-16-6-4-13(5-7-16)11-17(26)25-9-8-24-18(25)27-12-14-2-1-3-15(10-14)19(21,22)23/h1-7,10H,8-9,11-12H2. The lowest BCUT2D eigenvalue weighted by molar-refractivity contribution is -0.137. The lowest BCUT2D eigenvalue weighted by Gasteiger charge is -2.18. The number of carbonyl (C=O) groups is 1. The van der Waals surface area contributed by atoms with Crippen LogP contribution in [0.3, 0.4) is 0 Å². The fourth-order valence-corrected chi connectivity index (χ4v) is 3.65. The Morgan fingerprint density at radius 3 is 2.56 bits per heavy atom. The van der Waals surface area contributed by atoms with Gasteiger partial charge in [-0.1, -0.05) is 42.1 Å². The fourth-order valence-electron chi connectivity index (χ4n) is 2.64. The first-order valence-corrected chi connectivity index (χ1v) is 9.20. The number of hydrogen-bond acceptors (Lipinski definition) is 3. The van der Waals surface area contributed by atoms with Crippen LogP contribution < -0.4 is 0 Å². The van der Waals surface area contributed by atoms with Crippen molar-refractivity contribution in [3.05, 3.63) is 71.0 Å². The molecule has 1 heterocycles. The molecule has 0 unspecified atom stereocenters. The molecule has 3 rings (SSSR count). The van der Waals surface area contributed by atoms with Crippen LogP contribution in [0, 0.1) is 5.82 Å². The molecule has 142 valence electrons. The molecule has 0 spiro atoms. The molecular weight excluding hydrogens is 380 g/mol. The minimum Gasteiger partial charge on any atom is -0.289 e. The minimum absolute atomic E-state index is 0.115. The van der Waals surface area contributed by atoms with Crippen LogP contribution in [0.4, 0.5) is 17.6 Å². The Hall–Kier alpha value is -2.35. The third-order valence-electron chi connectivity index (χ3n) is 3.99. The van der Waals surface area contributed by atoms with Gasteiger partial charge in [0.05, 0.1) is 18.5 Å². The Morgan fingerprint density at radius 1 is 1.11 bits per heavy atom. The first-order chi connectivity index (χ1) is 12.8. The average molecular weight is 396 g/mol. The normalized spacial score (nSPS) is 14.4. The molecule has 2 aromatic rings. The van der Waals surface area contributed by atoms with Crippen LogP contribution in [0.5, 0.6) is 0 Å². The van der Waals surface area contributed by atoms with E-state index in [9.17, 15) is 22.4 Å². The number of carbonyl (C=O) groups excluding carboxylic acids is 1. The van der Waals surface area contributed by atoms with Crippen molar-refractivity contribution in [3.63, 3.8) is 0 Å². The second kappa shape index (κ2) is 8.12. The quantitative estimate of drug-likeness (QED) is 0.712. The molecule has 2 aromatic carbocycles. The molecule has 0 bridgehead atoms. The number of amidine groups is 1. The molecule has 0 saturated heterocycles. The monoisotopic (exact) mass is 396 g/mol. The summed E-state index contributed by atoms with van der Waals surface area (Å²) in [6.45, 7) is 0.894. The summed E-state index contributed by atoms with van der Waals surface area (Å²) in [7, 11) is 0. The summed E-state index contributed by atoms with van der Waals surface area (Å²) >= 11 is 1.23. The summed E-state index contributed by atoms with van der Waals surface area (Å²) < 4.78 is 51.4. The van der Waals surface area contributed by atoms with Gasteiger partial charge < -0.3 is 0 Å². The first kappa shape index (κ1) is 19.4. The maximum atomic E-state index is 13.0. The highest BCUT2D eigenvalue weighted by Gasteiger charge is 2.30. The highest BCUT2D eigenvalue weighted by atomic mass is 32.2. The second-order valence-corrected chi connectivity index (χ2v) is 6.94. The zero-order chi connectivity index (χ0) is 19.4. The van der Waals surface area contributed by atoms with Crippen molar-refractivity contribution in [3.8, 4) is 0 Å². The van der Waals surface area contributed by atoms with Crippen LogP contribution in [0.25, 0.3) is 0 Å². The van der Waals surface area contributed by atoms with Crippen molar-refractivity contribution in [2.24, 2.45) is 4.99 Å². The number of rotatable bonds is 4. The SMILES string of the molecule is O=C(Cc1ccc(F)cc1)N1CCN=C1SCc1cccc(C(F)(F)F)c1. The molecule has 1 amide bonds. The van der Waals surface area contributed by atoms with E-state index in [0.29, 0.717) is 29.4 Å². The lowest BCUT2D eigenvalue weighted by atomic mass is 10.1. The van der Waals surface area contributed by atoms with Crippen LogP contribution in [-0.2, 0) is 23.1 Å². The van der Waals surface area contributed by atoms with E-state index in [4.69, 9.17) is 0 Å². The number of alkyl halides is 3. The summed E-state index contributed by atoms with van der Waals surface area (Å²) in [5, 5.41) is 0.500. The van der Waals surface area contributed by atoms with Gasteiger partial charge in [-0.3, -0.25) is 14.7 Å². The topological polar surface area (TPSA) is 32.7 Å². The van der Waals surface area contributed by atoms with Gasteiger partial charge in [0.2, 0.25) is 5.91 Å². The van der Waals surface area contributed by atoms with Crippen molar-refractivity contribution in [1.29, 1.82) is 0 Å². The molecule has 0 aliphatic carbocycles. The number of benzene rings is 2.